The van der Waals surface area contributed by atoms with Crippen molar-refractivity contribution in [3.8, 4) is 0 Å². The van der Waals surface area contributed by atoms with Crippen molar-refractivity contribution in [2.45, 2.75) is 37.1 Å². The SMILES string of the molecule is CC1CCCCN1S(=O)(=O)c1ccc(C(=O)Nc2nc3ccc(Br)cc3s2)cc1. The lowest BCUT2D eigenvalue weighted by Gasteiger charge is -2.32. The first-order valence-corrected chi connectivity index (χ1v) is 12.4. The minimum absolute atomic E-state index is 0.00389. The van der Waals surface area contributed by atoms with E-state index in [1.165, 1.54) is 23.5 Å². The molecule has 4 rings (SSSR count). The second-order valence-corrected chi connectivity index (χ2v) is 10.9. The van der Waals surface area contributed by atoms with Gasteiger partial charge in [0.1, 0.15) is 0 Å². The first-order chi connectivity index (χ1) is 13.8. The Hall–Kier alpha value is -1.81. The number of hydrogen-bond donors (Lipinski definition) is 1. The second-order valence-electron chi connectivity index (χ2n) is 7.07. The van der Waals surface area contributed by atoms with Gasteiger partial charge in [0.05, 0.1) is 15.1 Å². The molecule has 0 saturated carbocycles. The van der Waals surface area contributed by atoms with Crippen molar-refractivity contribution in [1.82, 2.24) is 9.29 Å². The van der Waals surface area contributed by atoms with Crippen LogP contribution < -0.4 is 5.32 Å². The Morgan fingerprint density at radius 1 is 1.21 bits per heavy atom. The molecule has 1 amide bonds. The molecule has 2 heterocycles. The molecular formula is C20H20BrN3O3S2. The molecule has 0 radical (unpaired) electrons. The first-order valence-electron chi connectivity index (χ1n) is 9.34. The molecule has 1 aliphatic rings. The van der Waals surface area contributed by atoms with Crippen LogP contribution in [-0.2, 0) is 10.0 Å². The Morgan fingerprint density at radius 2 is 1.97 bits per heavy atom. The largest absolute Gasteiger partial charge is 0.298 e. The number of anilines is 1. The van der Waals surface area contributed by atoms with Gasteiger partial charge in [0.25, 0.3) is 5.91 Å². The van der Waals surface area contributed by atoms with Crippen LogP contribution in [0.25, 0.3) is 10.2 Å². The van der Waals surface area contributed by atoms with Crippen LogP contribution in [0.2, 0.25) is 0 Å². The lowest BCUT2D eigenvalue weighted by Crippen LogP contribution is -2.41. The number of sulfonamides is 1. The van der Waals surface area contributed by atoms with Crippen molar-refractivity contribution in [2.24, 2.45) is 0 Å². The van der Waals surface area contributed by atoms with Crippen molar-refractivity contribution in [2.75, 3.05) is 11.9 Å². The monoisotopic (exact) mass is 493 g/mol. The molecule has 2 aromatic carbocycles. The topological polar surface area (TPSA) is 79.4 Å². The highest BCUT2D eigenvalue weighted by atomic mass is 79.9. The third-order valence-electron chi connectivity index (χ3n) is 5.04. The molecule has 29 heavy (non-hydrogen) atoms. The fourth-order valence-corrected chi connectivity index (χ4v) is 6.58. The number of carbonyl (C=O) groups is 1. The van der Waals surface area contributed by atoms with Gasteiger partial charge in [-0.1, -0.05) is 33.7 Å². The minimum Gasteiger partial charge on any atom is -0.298 e. The van der Waals surface area contributed by atoms with Crippen molar-refractivity contribution < 1.29 is 13.2 Å². The lowest BCUT2D eigenvalue weighted by molar-refractivity contribution is 0.102. The first kappa shape index (κ1) is 20.5. The maximum Gasteiger partial charge on any atom is 0.257 e. The zero-order chi connectivity index (χ0) is 20.6. The van der Waals surface area contributed by atoms with E-state index in [0.29, 0.717) is 17.2 Å². The van der Waals surface area contributed by atoms with Gasteiger partial charge in [-0.15, -0.1) is 0 Å². The van der Waals surface area contributed by atoms with E-state index in [1.807, 2.05) is 25.1 Å². The molecule has 6 nitrogen and oxygen atoms in total. The van der Waals surface area contributed by atoms with Crippen LogP contribution in [-0.4, -0.2) is 36.2 Å². The quantitative estimate of drug-likeness (QED) is 0.561. The molecule has 0 bridgehead atoms. The number of aromatic nitrogens is 1. The molecule has 1 aromatic heterocycles. The summed E-state index contributed by atoms with van der Waals surface area (Å²) in [7, 11) is -3.55. The molecule has 1 saturated heterocycles. The minimum atomic E-state index is -3.55. The zero-order valence-corrected chi connectivity index (χ0v) is 19.0. The summed E-state index contributed by atoms with van der Waals surface area (Å²) in [5.74, 6) is -0.321. The molecule has 1 atom stereocenters. The summed E-state index contributed by atoms with van der Waals surface area (Å²) in [6.07, 6.45) is 2.80. The number of piperidine rings is 1. The Morgan fingerprint density at radius 3 is 2.69 bits per heavy atom. The van der Waals surface area contributed by atoms with Gasteiger partial charge in [0.15, 0.2) is 5.13 Å². The van der Waals surface area contributed by atoms with Crippen molar-refractivity contribution in [3.05, 3.63) is 52.5 Å². The van der Waals surface area contributed by atoms with Gasteiger partial charge in [0.2, 0.25) is 10.0 Å². The van der Waals surface area contributed by atoms with Gasteiger partial charge >= 0.3 is 0 Å². The molecule has 1 aliphatic heterocycles. The molecule has 1 unspecified atom stereocenters. The highest BCUT2D eigenvalue weighted by Crippen LogP contribution is 2.29. The number of carbonyl (C=O) groups excluding carboxylic acids is 1. The maximum atomic E-state index is 12.9. The molecule has 0 spiro atoms. The van der Waals surface area contributed by atoms with Crippen LogP contribution in [0.5, 0.6) is 0 Å². The molecular weight excluding hydrogens is 474 g/mol. The van der Waals surface area contributed by atoms with E-state index in [1.54, 1.807) is 16.4 Å². The Balaban J connectivity index is 1.51. The van der Waals surface area contributed by atoms with E-state index in [-0.39, 0.29) is 16.8 Å². The Labute approximate surface area is 182 Å². The summed E-state index contributed by atoms with van der Waals surface area (Å²) >= 11 is 4.81. The highest BCUT2D eigenvalue weighted by molar-refractivity contribution is 9.10. The Kier molecular flexibility index (Phi) is 5.74. The van der Waals surface area contributed by atoms with E-state index < -0.39 is 10.0 Å². The van der Waals surface area contributed by atoms with E-state index in [0.717, 1.165) is 34.0 Å². The number of amides is 1. The molecule has 152 valence electrons. The number of benzene rings is 2. The lowest BCUT2D eigenvalue weighted by atomic mass is 10.1. The summed E-state index contributed by atoms with van der Waals surface area (Å²) in [5, 5.41) is 3.29. The van der Waals surface area contributed by atoms with Crippen LogP contribution in [0.15, 0.2) is 51.8 Å². The van der Waals surface area contributed by atoms with Gasteiger partial charge in [-0.05, 0) is 62.2 Å². The fraction of sp³-hybridized carbons (Fsp3) is 0.300. The van der Waals surface area contributed by atoms with E-state index >= 15 is 0 Å². The maximum absolute atomic E-state index is 12.9. The number of fused-ring (bicyclic) bond motifs is 1. The predicted octanol–water partition coefficient (Wildman–Crippen LogP) is 4.87. The summed E-state index contributed by atoms with van der Waals surface area (Å²) in [6, 6.07) is 11.8. The molecule has 3 aromatic rings. The normalized spacial score (nSPS) is 18.1. The smallest absolute Gasteiger partial charge is 0.257 e. The third-order valence-corrected chi connectivity index (χ3v) is 8.49. The van der Waals surface area contributed by atoms with Crippen molar-refractivity contribution in [3.63, 3.8) is 0 Å². The number of hydrogen-bond acceptors (Lipinski definition) is 5. The molecule has 0 aliphatic carbocycles. The van der Waals surface area contributed by atoms with Crippen molar-refractivity contribution in [1.29, 1.82) is 0 Å². The van der Waals surface area contributed by atoms with Crippen LogP contribution in [0, 0.1) is 0 Å². The zero-order valence-electron chi connectivity index (χ0n) is 15.8. The highest BCUT2D eigenvalue weighted by Gasteiger charge is 2.30. The van der Waals surface area contributed by atoms with E-state index in [4.69, 9.17) is 0 Å². The fourth-order valence-electron chi connectivity index (χ4n) is 3.46. The van der Waals surface area contributed by atoms with Crippen LogP contribution >= 0.6 is 27.3 Å². The van der Waals surface area contributed by atoms with Crippen LogP contribution in [0.3, 0.4) is 0 Å². The van der Waals surface area contributed by atoms with E-state index in [9.17, 15) is 13.2 Å². The predicted molar refractivity (Wildman–Crippen MR) is 119 cm³/mol. The number of nitrogens with one attached hydrogen (secondary N) is 1. The third kappa shape index (κ3) is 4.23. The standard InChI is InChI=1S/C20H20BrN3O3S2/c1-13-4-2-3-11-24(13)29(26,27)16-8-5-14(6-9-16)19(25)23-20-22-17-10-7-15(21)12-18(17)28-20/h5-10,12-13H,2-4,11H2,1H3,(H,22,23,25). The summed E-state index contributed by atoms with van der Waals surface area (Å²) in [4.78, 5) is 17.2. The summed E-state index contributed by atoms with van der Waals surface area (Å²) < 4.78 is 29.3. The number of rotatable bonds is 4. The van der Waals surface area contributed by atoms with Gasteiger partial charge in [-0.3, -0.25) is 10.1 Å². The summed E-state index contributed by atoms with van der Waals surface area (Å²) in [5.41, 5.74) is 1.20. The summed E-state index contributed by atoms with van der Waals surface area (Å²) in [6.45, 7) is 2.48. The second kappa shape index (κ2) is 8.14. The van der Waals surface area contributed by atoms with Gasteiger partial charge in [-0.25, -0.2) is 13.4 Å². The molecule has 1 fully saturated rings. The van der Waals surface area contributed by atoms with Crippen molar-refractivity contribution >= 4 is 58.5 Å². The van der Waals surface area contributed by atoms with Crippen LogP contribution in [0.1, 0.15) is 36.5 Å². The van der Waals surface area contributed by atoms with E-state index in [2.05, 4.69) is 26.2 Å². The number of thiazole rings is 1. The van der Waals surface area contributed by atoms with Gasteiger partial charge < -0.3 is 0 Å². The number of nitrogens with zero attached hydrogens (tertiary/aromatic N) is 2. The average molecular weight is 494 g/mol. The molecule has 1 N–H and O–H groups in total. The van der Waals surface area contributed by atoms with Gasteiger partial charge in [0, 0.05) is 22.6 Å². The van der Waals surface area contributed by atoms with Gasteiger partial charge in [-0.2, -0.15) is 4.31 Å². The Bertz CT molecular complexity index is 1160. The average Bonchev–Trinajstić information content (AvgIpc) is 3.09. The number of halogens is 1. The van der Waals surface area contributed by atoms with Crippen LogP contribution in [0.4, 0.5) is 5.13 Å². The molecule has 9 heteroatoms.